The third kappa shape index (κ3) is 5.97. The first-order chi connectivity index (χ1) is 20.5. The Labute approximate surface area is 249 Å². The Morgan fingerprint density at radius 1 is 1.07 bits per heavy atom. The molecule has 4 atom stereocenters. The van der Waals surface area contributed by atoms with E-state index in [4.69, 9.17) is 14.4 Å². The van der Waals surface area contributed by atoms with Crippen LogP contribution in [0.1, 0.15) is 55.8 Å². The summed E-state index contributed by atoms with van der Waals surface area (Å²) in [7, 11) is -3.80. The molecule has 0 radical (unpaired) electrons. The number of rotatable bonds is 9. The van der Waals surface area contributed by atoms with E-state index in [1.165, 1.54) is 29.5 Å². The van der Waals surface area contributed by atoms with E-state index in [0.29, 0.717) is 34.4 Å². The standard InChI is InChI=1S/C29H29F3N4O5S2/c30-29(31,32)40-23-4-2-1-3-20(23)26-21(27(41-36-26)15-5-6-15)14-39-18-11-16-7-8-17(12-18)25(16)35-28-34-22-10-9-19(43(33,37)38)13-24(22)42-28/h1-4,9-10,13,15-18,25H,5-8,11-12,14H2,(H,34,35)(H2,33,37,38)/t16-,17+,18-,25+. The van der Waals surface area contributed by atoms with Crippen molar-refractivity contribution in [3.63, 3.8) is 0 Å². The molecular formula is C29H29F3N4O5S2. The number of thiazole rings is 1. The second-order valence-electron chi connectivity index (χ2n) is 11.6. The van der Waals surface area contributed by atoms with Crippen molar-refractivity contribution in [2.24, 2.45) is 17.0 Å². The van der Waals surface area contributed by atoms with Crippen molar-refractivity contribution in [1.29, 1.82) is 0 Å². The fourth-order valence-electron chi connectivity index (χ4n) is 6.55. The van der Waals surface area contributed by atoms with Gasteiger partial charge in [-0.15, -0.1) is 13.2 Å². The number of nitrogens with zero attached hydrogens (tertiary/aromatic N) is 2. The molecule has 7 rings (SSSR count). The highest BCUT2D eigenvalue weighted by Gasteiger charge is 2.44. The number of anilines is 1. The summed E-state index contributed by atoms with van der Waals surface area (Å²) in [6, 6.07) is 10.9. The average Bonchev–Trinajstić information content (AvgIpc) is 3.50. The molecule has 0 spiro atoms. The number of hydrogen-bond donors (Lipinski definition) is 2. The summed E-state index contributed by atoms with van der Waals surface area (Å²) in [5.74, 6) is 1.27. The van der Waals surface area contributed by atoms with Gasteiger partial charge in [-0.05, 0) is 80.7 Å². The monoisotopic (exact) mass is 634 g/mol. The number of alkyl halides is 3. The average molecular weight is 635 g/mol. The van der Waals surface area contributed by atoms with E-state index in [1.54, 1.807) is 24.3 Å². The molecule has 2 aromatic carbocycles. The Morgan fingerprint density at radius 2 is 1.81 bits per heavy atom. The number of fused-ring (bicyclic) bond motifs is 3. The van der Waals surface area contributed by atoms with Gasteiger partial charge in [0.25, 0.3) is 0 Å². The molecule has 0 aliphatic heterocycles. The molecule has 3 aliphatic carbocycles. The van der Waals surface area contributed by atoms with E-state index in [2.05, 4.69) is 20.2 Å². The predicted molar refractivity (Wildman–Crippen MR) is 153 cm³/mol. The number of nitrogens with two attached hydrogens (primary N) is 1. The van der Waals surface area contributed by atoms with Crippen molar-refractivity contribution in [1.82, 2.24) is 10.1 Å². The quantitative estimate of drug-likeness (QED) is 0.212. The molecular weight excluding hydrogens is 605 g/mol. The van der Waals surface area contributed by atoms with Crippen molar-refractivity contribution in [3.05, 3.63) is 53.8 Å². The highest BCUT2D eigenvalue weighted by atomic mass is 32.2. The fraction of sp³-hybridized carbons (Fsp3) is 0.448. The second kappa shape index (κ2) is 10.8. The van der Waals surface area contributed by atoms with E-state index in [9.17, 15) is 21.6 Å². The van der Waals surface area contributed by atoms with Crippen LogP contribution in [0.25, 0.3) is 21.5 Å². The van der Waals surface area contributed by atoms with Crippen LogP contribution in [0.15, 0.2) is 51.9 Å². The first kappa shape index (κ1) is 28.6. The van der Waals surface area contributed by atoms with Gasteiger partial charge in [0, 0.05) is 23.1 Å². The van der Waals surface area contributed by atoms with Crippen LogP contribution in [-0.2, 0) is 21.4 Å². The van der Waals surface area contributed by atoms with Gasteiger partial charge in [-0.25, -0.2) is 18.5 Å². The number of benzene rings is 2. The number of nitrogens with one attached hydrogen (secondary N) is 1. The Bertz CT molecular complexity index is 1760. The van der Waals surface area contributed by atoms with Crippen LogP contribution in [0, 0.1) is 11.8 Å². The third-order valence-corrected chi connectivity index (χ3v) is 10.5. The van der Waals surface area contributed by atoms with E-state index < -0.39 is 16.4 Å². The highest BCUT2D eigenvalue weighted by Crippen LogP contribution is 2.48. The Kier molecular flexibility index (Phi) is 7.14. The minimum Gasteiger partial charge on any atom is -0.405 e. The number of primary sulfonamides is 1. The molecule has 0 unspecified atom stereocenters. The van der Waals surface area contributed by atoms with Crippen LogP contribution in [-0.4, -0.2) is 37.1 Å². The first-order valence-electron chi connectivity index (χ1n) is 14.2. The number of para-hydroxylation sites is 1. The van der Waals surface area contributed by atoms with Crippen LogP contribution in [0.3, 0.4) is 0 Å². The Balaban J connectivity index is 1.05. The summed E-state index contributed by atoms with van der Waals surface area (Å²) in [6.07, 6.45) is 0.814. The summed E-state index contributed by atoms with van der Waals surface area (Å²) in [5.41, 5.74) is 1.93. The van der Waals surface area contributed by atoms with Crippen LogP contribution in [0.4, 0.5) is 18.3 Å². The van der Waals surface area contributed by atoms with Crippen molar-refractivity contribution >= 4 is 36.7 Å². The molecule has 0 amide bonds. The maximum Gasteiger partial charge on any atom is 0.573 e. The number of aromatic nitrogens is 2. The zero-order valence-electron chi connectivity index (χ0n) is 22.8. The van der Waals surface area contributed by atoms with Gasteiger partial charge in [0.1, 0.15) is 17.2 Å². The summed E-state index contributed by atoms with van der Waals surface area (Å²) < 4.78 is 80.0. The first-order valence-corrected chi connectivity index (χ1v) is 16.5. The van der Waals surface area contributed by atoms with Gasteiger partial charge < -0.3 is 19.3 Å². The number of sulfonamides is 1. The highest BCUT2D eigenvalue weighted by molar-refractivity contribution is 7.89. The SMILES string of the molecule is NS(=O)(=O)c1ccc2nc(N[C@H]3[C@@H]4CC[C@H]3C[C@H](OCc3c(-c5ccccc5OC(F)(F)F)noc3C3CC3)C4)sc2c1. The van der Waals surface area contributed by atoms with Gasteiger partial charge in [0.2, 0.25) is 10.0 Å². The summed E-state index contributed by atoms with van der Waals surface area (Å²) in [6.45, 7) is 0.192. The lowest BCUT2D eigenvalue weighted by Crippen LogP contribution is -2.39. The van der Waals surface area contributed by atoms with Crippen molar-refractivity contribution < 1.29 is 35.6 Å². The zero-order chi connectivity index (χ0) is 29.9. The van der Waals surface area contributed by atoms with Crippen molar-refractivity contribution in [3.8, 4) is 17.0 Å². The lowest BCUT2D eigenvalue weighted by atomic mass is 9.82. The van der Waals surface area contributed by atoms with E-state index in [-0.39, 0.29) is 40.9 Å². The smallest absolute Gasteiger partial charge is 0.405 e. The topological polar surface area (TPSA) is 130 Å². The van der Waals surface area contributed by atoms with E-state index in [0.717, 1.165) is 48.4 Å². The molecule has 3 aliphatic rings. The van der Waals surface area contributed by atoms with Gasteiger partial charge in [-0.1, -0.05) is 28.6 Å². The number of hydrogen-bond acceptors (Lipinski definition) is 9. The van der Waals surface area contributed by atoms with E-state index in [1.807, 2.05) is 0 Å². The molecule has 3 N–H and O–H groups in total. The molecule has 9 nitrogen and oxygen atoms in total. The Hall–Kier alpha value is -3.20. The van der Waals surface area contributed by atoms with Crippen LogP contribution in [0.2, 0.25) is 0 Å². The molecule has 2 heterocycles. The molecule has 4 aromatic rings. The van der Waals surface area contributed by atoms with Crippen LogP contribution in [0.5, 0.6) is 5.75 Å². The molecule has 3 saturated carbocycles. The molecule has 14 heteroatoms. The Morgan fingerprint density at radius 3 is 2.51 bits per heavy atom. The van der Waals surface area contributed by atoms with Gasteiger partial charge in [-0.3, -0.25) is 0 Å². The molecule has 2 bridgehead atoms. The molecule has 3 fully saturated rings. The predicted octanol–water partition coefficient (Wildman–Crippen LogP) is 6.56. The van der Waals surface area contributed by atoms with Gasteiger partial charge in [-0.2, -0.15) is 0 Å². The number of ether oxygens (including phenoxy) is 2. The molecule has 43 heavy (non-hydrogen) atoms. The largest absolute Gasteiger partial charge is 0.573 e. The maximum atomic E-state index is 13.1. The van der Waals surface area contributed by atoms with E-state index >= 15 is 0 Å². The van der Waals surface area contributed by atoms with Gasteiger partial charge in [0.15, 0.2) is 5.13 Å². The summed E-state index contributed by atoms with van der Waals surface area (Å²) >= 11 is 1.41. The van der Waals surface area contributed by atoms with Crippen molar-refractivity contribution in [2.75, 3.05) is 5.32 Å². The minimum atomic E-state index is -4.83. The minimum absolute atomic E-state index is 0.0142. The maximum absolute atomic E-state index is 13.1. The summed E-state index contributed by atoms with van der Waals surface area (Å²) in [5, 5.41) is 13.8. The lowest BCUT2D eigenvalue weighted by Gasteiger charge is -2.35. The normalized spacial score (nSPS) is 24.0. The van der Waals surface area contributed by atoms with Gasteiger partial charge in [0.05, 0.1) is 27.8 Å². The fourth-order valence-corrected chi connectivity index (χ4v) is 8.11. The van der Waals surface area contributed by atoms with Crippen molar-refractivity contribution in [2.45, 2.75) is 74.5 Å². The second-order valence-corrected chi connectivity index (χ2v) is 14.1. The molecule has 0 saturated heterocycles. The van der Waals surface area contributed by atoms with Crippen LogP contribution < -0.4 is 15.2 Å². The van der Waals surface area contributed by atoms with Gasteiger partial charge >= 0.3 is 6.36 Å². The zero-order valence-corrected chi connectivity index (χ0v) is 24.5. The third-order valence-electron chi connectivity index (χ3n) is 8.63. The van der Waals surface area contributed by atoms with Crippen LogP contribution >= 0.6 is 11.3 Å². The number of halogens is 3. The molecule has 228 valence electrons. The molecule has 2 aromatic heterocycles. The lowest BCUT2D eigenvalue weighted by molar-refractivity contribution is -0.274. The summed E-state index contributed by atoms with van der Waals surface area (Å²) in [4.78, 5) is 4.72.